The molecule has 0 aromatic rings. The fraction of sp³-hybridized carbons (Fsp3) is 0.731. The molecular formula is C26H39. The van der Waals surface area contributed by atoms with E-state index in [2.05, 4.69) is 25.2 Å². The van der Waals surface area contributed by atoms with Gasteiger partial charge < -0.3 is 0 Å². The van der Waals surface area contributed by atoms with Crippen LogP contribution in [0.4, 0.5) is 0 Å². The van der Waals surface area contributed by atoms with Gasteiger partial charge in [0, 0.05) is 6.42 Å². The van der Waals surface area contributed by atoms with E-state index in [0.717, 1.165) is 23.7 Å². The first kappa shape index (κ1) is 18.6. The van der Waals surface area contributed by atoms with Crippen molar-refractivity contribution in [3.63, 3.8) is 0 Å². The van der Waals surface area contributed by atoms with Crippen LogP contribution in [0, 0.1) is 30.1 Å². The Morgan fingerprint density at radius 3 is 2.81 bits per heavy atom. The number of fused-ring (bicyclic) bond motifs is 1. The molecule has 2 saturated carbocycles. The molecule has 143 valence electrons. The molecule has 0 bridgehead atoms. The van der Waals surface area contributed by atoms with Gasteiger partial charge in [-0.2, -0.15) is 0 Å². The van der Waals surface area contributed by atoms with Gasteiger partial charge in [0.2, 0.25) is 0 Å². The molecule has 26 heavy (non-hydrogen) atoms. The molecule has 0 saturated heterocycles. The molecule has 0 heterocycles. The van der Waals surface area contributed by atoms with Gasteiger partial charge in [0.1, 0.15) is 0 Å². The van der Waals surface area contributed by atoms with Crippen molar-refractivity contribution in [3.05, 3.63) is 41.9 Å². The van der Waals surface area contributed by atoms with E-state index >= 15 is 0 Å². The zero-order valence-corrected chi connectivity index (χ0v) is 16.9. The SMILES string of the molecule is C=C(CCCCCC1CCCC2CCCC12)C1CCC2=C([CH]C=CC2)C1. The predicted molar refractivity (Wildman–Crippen MR) is 113 cm³/mol. The highest BCUT2D eigenvalue weighted by Crippen LogP contribution is 2.47. The van der Waals surface area contributed by atoms with Crippen LogP contribution < -0.4 is 0 Å². The maximum absolute atomic E-state index is 4.49. The molecule has 0 nitrogen and oxygen atoms in total. The first-order chi connectivity index (χ1) is 12.8. The van der Waals surface area contributed by atoms with Gasteiger partial charge in [-0.3, -0.25) is 0 Å². The van der Waals surface area contributed by atoms with Crippen LogP contribution in [0.2, 0.25) is 0 Å². The van der Waals surface area contributed by atoms with E-state index in [1.807, 2.05) is 0 Å². The second kappa shape index (κ2) is 8.94. The van der Waals surface area contributed by atoms with Crippen LogP contribution in [-0.4, -0.2) is 0 Å². The predicted octanol–water partition coefficient (Wildman–Crippen LogP) is 7.97. The van der Waals surface area contributed by atoms with Crippen LogP contribution in [0.15, 0.2) is 35.5 Å². The Morgan fingerprint density at radius 1 is 1.00 bits per heavy atom. The van der Waals surface area contributed by atoms with Crippen molar-refractivity contribution in [3.8, 4) is 0 Å². The summed E-state index contributed by atoms with van der Waals surface area (Å²) in [5, 5.41) is 0. The van der Waals surface area contributed by atoms with E-state index in [1.54, 1.807) is 42.4 Å². The van der Waals surface area contributed by atoms with Gasteiger partial charge >= 0.3 is 0 Å². The average molecular weight is 352 g/mol. The van der Waals surface area contributed by atoms with Crippen molar-refractivity contribution in [2.75, 3.05) is 0 Å². The summed E-state index contributed by atoms with van der Waals surface area (Å²) in [6.45, 7) is 4.49. The zero-order valence-electron chi connectivity index (χ0n) is 16.9. The summed E-state index contributed by atoms with van der Waals surface area (Å²) in [5.41, 5.74) is 4.88. The molecule has 0 heteroatoms. The number of allylic oxidation sites excluding steroid dienone is 5. The van der Waals surface area contributed by atoms with Gasteiger partial charge in [-0.15, -0.1) is 0 Å². The van der Waals surface area contributed by atoms with Crippen molar-refractivity contribution >= 4 is 0 Å². The quantitative estimate of drug-likeness (QED) is 0.322. The first-order valence-electron chi connectivity index (χ1n) is 11.7. The smallest absolute Gasteiger partial charge is 0.00802 e. The van der Waals surface area contributed by atoms with Gasteiger partial charge in [-0.1, -0.05) is 86.8 Å². The highest BCUT2D eigenvalue weighted by molar-refractivity contribution is 5.36. The Morgan fingerprint density at radius 2 is 1.88 bits per heavy atom. The molecule has 0 aliphatic heterocycles. The summed E-state index contributed by atoms with van der Waals surface area (Å²) in [6, 6.07) is 0. The number of rotatable bonds is 7. The lowest BCUT2D eigenvalue weighted by Crippen LogP contribution is -2.24. The fourth-order valence-corrected chi connectivity index (χ4v) is 6.58. The monoisotopic (exact) mass is 351 g/mol. The summed E-state index contributed by atoms with van der Waals surface area (Å²) in [4.78, 5) is 0. The van der Waals surface area contributed by atoms with Gasteiger partial charge in [0.05, 0.1) is 0 Å². The van der Waals surface area contributed by atoms with Crippen molar-refractivity contribution in [2.24, 2.45) is 23.7 Å². The third-order valence-corrected chi connectivity index (χ3v) is 8.14. The summed E-state index contributed by atoms with van der Waals surface area (Å²) < 4.78 is 0. The Kier molecular flexibility index (Phi) is 6.39. The minimum Gasteiger partial charge on any atom is -0.0996 e. The van der Waals surface area contributed by atoms with Crippen LogP contribution in [0.25, 0.3) is 0 Å². The summed E-state index contributed by atoms with van der Waals surface area (Å²) in [7, 11) is 0. The van der Waals surface area contributed by atoms with Crippen LogP contribution >= 0.6 is 0 Å². The molecule has 0 amide bonds. The van der Waals surface area contributed by atoms with Crippen molar-refractivity contribution < 1.29 is 0 Å². The fourth-order valence-electron chi connectivity index (χ4n) is 6.58. The van der Waals surface area contributed by atoms with E-state index in [9.17, 15) is 0 Å². The topological polar surface area (TPSA) is 0 Å². The first-order valence-corrected chi connectivity index (χ1v) is 11.7. The molecule has 0 N–H and O–H groups in total. The molecular weight excluding hydrogens is 312 g/mol. The standard InChI is InChI=1S/C26H39/c1-20(24-18-17-21-10-5-6-12-25(21)19-24)9-3-2-4-11-22-13-7-14-23-15-8-16-26(22)23/h5-6,12,22-24,26H,1-4,7-11,13-19H2. The Bertz CT molecular complexity index is 548. The summed E-state index contributed by atoms with van der Waals surface area (Å²) in [6.07, 6.45) is 28.4. The molecule has 4 rings (SSSR count). The minimum atomic E-state index is 0.758. The second-order valence-corrected chi connectivity index (χ2v) is 9.67. The number of hydrogen-bond acceptors (Lipinski definition) is 0. The normalized spacial score (nSPS) is 33.8. The van der Waals surface area contributed by atoms with Crippen LogP contribution in [-0.2, 0) is 0 Å². The Hall–Kier alpha value is -0.780. The number of unbranched alkanes of at least 4 members (excludes halogenated alkanes) is 2. The van der Waals surface area contributed by atoms with E-state index < -0.39 is 0 Å². The largest absolute Gasteiger partial charge is 0.0996 e. The second-order valence-electron chi connectivity index (χ2n) is 9.67. The molecule has 4 unspecified atom stereocenters. The van der Waals surface area contributed by atoms with Gasteiger partial charge in [0.15, 0.2) is 0 Å². The van der Waals surface area contributed by atoms with Crippen LogP contribution in [0.5, 0.6) is 0 Å². The van der Waals surface area contributed by atoms with Crippen molar-refractivity contribution in [1.82, 2.24) is 0 Å². The molecule has 2 fully saturated rings. The Balaban J connectivity index is 1.13. The molecule has 4 atom stereocenters. The maximum atomic E-state index is 4.49. The average Bonchev–Trinajstić information content (AvgIpc) is 3.17. The maximum Gasteiger partial charge on any atom is 0.00802 e. The third-order valence-electron chi connectivity index (χ3n) is 8.14. The number of hydrogen-bond donors (Lipinski definition) is 0. The molecule has 0 aromatic heterocycles. The summed E-state index contributed by atoms with van der Waals surface area (Å²) in [5.74, 6) is 4.07. The van der Waals surface area contributed by atoms with Crippen molar-refractivity contribution in [1.29, 1.82) is 0 Å². The van der Waals surface area contributed by atoms with Gasteiger partial charge in [-0.05, 0) is 68.6 Å². The van der Waals surface area contributed by atoms with Crippen LogP contribution in [0.3, 0.4) is 0 Å². The van der Waals surface area contributed by atoms with E-state index in [1.165, 1.54) is 70.6 Å². The lowest BCUT2D eigenvalue weighted by Gasteiger charge is -2.34. The molecule has 4 aliphatic carbocycles. The lowest BCUT2D eigenvalue weighted by molar-refractivity contribution is 0.169. The third kappa shape index (κ3) is 4.37. The molecule has 1 radical (unpaired) electrons. The zero-order chi connectivity index (χ0) is 17.8. The van der Waals surface area contributed by atoms with E-state index in [4.69, 9.17) is 0 Å². The van der Waals surface area contributed by atoms with E-state index in [-0.39, 0.29) is 0 Å². The van der Waals surface area contributed by atoms with Gasteiger partial charge in [0.25, 0.3) is 0 Å². The molecule has 0 aromatic carbocycles. The van der Waals surface area contributed by atoms with Crippen molar-refractivity contribution in [2.45, 2.75) is 96.3 Å². The molecule has 4 aliphatic rings. The highest BCUT2D eigenvalue weighted by Gasteiger charge is 2.35. The Labute approximate surface area is 162 Å². The summed E-state index contributed by atoms with van der Waals surface area (Å²) >= 11 is 0. The molecule has 0 spiro atoms. The van der Waals surface area contributed by atoms with E-state index in [0.29, 0.717) is 0 Å². The van der Waals surface area contributed by atoms with Gasteiger partial charge in [-0.25, -0.2) is 0 Å². The highest BCUT2D eigenvalue weighted by atomic mass is 14.4. The lowest BCUT2D eigenvalue weighted by atomic mass is 9.72. The van der Waals surface area contributed by atoms with Crippen LogP contribution in [0.1, 0.15) is 96.3 Å². The minimum absolute atomic E-state index is 0.758.